The summed E-state index contributed by atoms with van der Waals surface area (Å²) in [5.74, 6) is -1.48. The lowest BCUT2D eigenvalue weighted by atomic mass is 10.2. The number of hydrogen-bond acceptors (Lipinski definition) is 6. The van der Waals surface area contributed by atoms with Gasteiger partial charge in [0.2, 0.25) is 5.95 Å². The molecule has 8 heteroatoms. The Labute approximate surface area is 147 Å². The quantitative estimate of drug-likeness (QED) is 0.672. The molecule has 132 valence electrons. The van der Waals surface area contributed by atoms with Crippen LogP contribution in [0, 0.1) is 11.6 Å². The van der Waals surface area contributed by atoms with Gasteiger partial charge in [-0.15, -0.1) is 0 Å². The number of carbonyl (C=O) groups is 1. The van der Waals surface area contributed by atoms with Crippen molar-refractivity contribution in [2.45, 2.75) is 0 Å². The normalized spacial score (nSPS) is 10.3. The predicted octanol–water partition coefficient (Wildman–Crippen LogP) is 4.03. The van der Waals surface area contributed by atoms with Crippen molar-refractivity contribution < 1.29 is 18.3 Å². The molecule has 3 rings (SSSR count). The van der Waals surface area contributed by atoms with Crippen LogP contribution in [0.4, 0.5) is 31.9 Å². The van der Waals surface area contributed by atoms with Gasteiger partial charge in [0.05, 0.1) is 12.7 Å². The molecule has 0 bridgehead atoms. The van der Waals surface area contributed by atoms with Crippen LogP contribution in [0.5, 0.6) is 0 Å². The largest absolute Gasteiger partial charge is 0.465 e. The van der Waals surface area contributed by atoms with Crippen molar-refractivity contribution in [3.05, 3.63) is 71.9 Å². The van der Waals surface area contributed by atoms with E-state index in [1.165, 1.54) is 19.4 Å². The van der Waals surface area contributed by atoms with E-state index in [2.05, 4.69) is 25.3 Å². The van der Waals surface area contributed by atoms with E-state index in [0.717, 1.165) is 12.1 Å². The molecule has 0 aliphatic carbocycles. The Morgan fingerprint density at radius 3 is 2.35 bits per heavy atom. The first kappa shape index (κ1) is 17.3. The number of esters is 1. The van der Waals surface area contributed by atoms with Gasteiger partial charge in [-0.05, 0) is 42.5 Å². The molecule has 26 heavy (non-hydrogen) atoms. The molecule has 0 atom stereocenters. The zero-order valence-electron chi connectivity index (χ0n) is 13.7. The van der Waals surface area contributed by atoms with Gasteiger partial charge in [-0.3, -0.25) is 0 Å². The Morgan fingerprint density at radius 2 is 1.69 bits per heavy atom. The van der Waals surface area contributed by atoms with Gasteiger partial charge in [0.1, 0.15) is 23.1 Å². The molecule has 0 saturated heterocycles. The second-order valence-electron chi connectivity index (χ2n) is 5.18. The average Bonchev–Trinajstić information content (AvgIpc) is 2.65. The summed E-state index contributed by atoms with van der Waals surface area (Å²) in [4.78, 5) is 19.5. The van der Waals surface area contributed by atoms with Crippen LogP contribution < -0.4 is 10.6 Å². The summed E-state index contributed by atoms with van der Waals surface area (Å²) in [5.41, 5.74) is 0.754. The highest BCUT2D eigenvalue weighted by atomic mass is 19.1. The Balaban J connectivity index is 1.76. The maximum atomic E-state index is 13.7. The molecule has 2 N–H and O–H groups in total. The van der Waals surface area contributed by atoms with E-state index in [0.29, 0.717) is 17.1 Å². The lowest BCUT2D eigenvalue weighted by Gasteiger charge is -2.10. The number of ether oxygens (including phenoxy) is 1. The topological polar surface area (TPSA) is 76.1 Å². The van der Waals surface area contributed by atoms with Crippen LogP contribution >= 0.6 is 0 Å². The highest BCUT2D eigenvalue weighted by molar-refractivity contribution is 5.89. The molecule has 0 aliphatic rings. The SMILES string of the molecule is COC(=O)c1ccc(Nc2ccnc(Nc3c(F)cccc3F)n2)cc1. The van der Waals surface area contributed by atoms with E-state index in [-0.39, 0.29) is 11.6 Å². The zero-order valence-corrected chi connectivity index (χ0v) is 13.7. The third-order valence-electron chi connectivity index (χ3n) is 3.43. The summed E-state index contributed by atoms with van der Waals surface area (Å²) in [5, 5.41) is 5.54. The highest BCUT2D eigenvalue weighted by Crippen LogP contribution is 2.22. The molecule has 0 fully saturated rings. The standard InChI is InChI=1S/C18H14F2N4O2/c1-26-17(25)11-5-7-12(8-6-11)22-15-9-10-21-18(23-15)24-16-13(19)3-2-4-14(16)20/h2-10H,1H3,(H2,21,22,23,24). The van der Waals surface area contributed by atoms with Crippen LogP contribution in [0.15, 0.2) is 54.7 Å². The van der Waals surface area contributed by atoms with Crippen molar-refractivity contribution in [1.29, 1.82) is 0 Å². The molecule has 6 nitrogen and oxygen atoms in total. The lowest BCUT2D eigenvalue weighted by Crippen LogP contribution is -2.04. The van der Waals surface area contributed by atoms with E-state index in [1.807, 2.05) is 0 Å². The van der Waals surface area contributed by atoms with Gasteiger partial charge in [-0.25, -0.2) is 18.6 Å². The van der Waals surface area contributed by atoms with Crippen molar-refractivity contribution in [2.75, 3.05) is 17.7 Å². The molecule has 1 heterocycles. The van der Waals surface area contributed by atoms with Gasteiger partial charge in [0, 0.05) is 11.9 Å². The number of hydrogen-bond donors (Lipinski definition) is 2. The minimum Gasteiger partial charge on any atom is -0.465 e. The molecular formula is C18H14F2N4O2. The minimum atomic E-state index is -0.745. The summed E-state index contributed by atoms with van der Waals surface area (Å²) < 4.78 is 32.0. The highest BCUT2D eigenvalue weighted by Gasteiger charge is 2.10. The lowest BCUT2D eigenvalue weighted by molar-refractivity contribution is 0.0601. The van der Waals surface area contributed by atoms with Crippen LogP contribution in [-0.2, 0) is 4.74 Å². The van der Waals surface area contributed by atoms with Gasteiger partial charge in [-0.2, -0.15) is 4.98 Å². The number of rotatable bonds is 5. The third kappa shape index (κ3) is 3.92. The molecule has 0 amide bonds. The molecule has 0 radical (unpaired) electrons. The number of benzene rings is 2. The van der Waals surface area contributed by atoms with Crippen LogP contribution in [0.1, 0.15) is 10.4 Å². The zero-order chi connectivity index (χ0) is 18.5. The van der Waals surface area contributed by atoms with E-state index < -0.39 is 17.6 Å². The third-order valence-corrected chi connectivity index (χ3v) is 3.43. The first-order chi connectivity index (χ1) is 12.6. The van der Waals surface area contributed by atoms with Crippen LogP contribution in [-0.4, -0.2) is 23.0 Å². The molecule has 3 aromatic rings. The van der Waals surface area contributed by atoms with E-state index in [4.69, 9.17) is 0 Å². The van der Waals surface area contributed by atoms with E-state index in [1.54, 1.807) is 30.3 Å². The molecule has 0 saturated carbocycles. The van der Waals surface area contributed by atoms with Crippen molar-refractivity contribution in [3.63, 3.8) is 0 Å². The molecular weight excluding hydrogens is 342 g/mol. The first-order valence-corrected chi connectivity index (χ1v) is 7.56. The van der Waals surface area contributed by atoms with E-state index >= 15 is 0 Å². The number of methoxy groups -OCH3 is 1. The van der Waals surface area contributed by atoms with Crippen molar-refractivity contribution in [1.82, 2.24) is 9.97 Å². The van der Waals surface area contributed by atoms with Crippen LogP contribution in [0.3, 0.4) is 0 Å². The fourth-order valence-electron chi connectivity index (χ4n) is 2.17. The number of halogens is 2. The number of aromatic nitrogens is 2. The monoisotopic (exact) mass is 356 g/mol. The first-order valence-electron chi connectivity index (χ1n) is 7.56. The van der Waals surface area contributed by atoms with Gasteiger partial charge in [-0.1, -0.05) is 6.07 Å². The maximum absolute atomic E-state index is 13.7. The summed E-state index contributed by atoms with van der Waals surface area (Å²) >= 11 is 0. The molecule has 1 aromatic heterocycles. The predicted molar refractivity (Wildman–Crippen MR) is 92.7 cm³/mol. The number of para-hydroxylation sites is 1. The number of nitrogens with zero attached hydrogens (tertiary/aromatic N) is 2. The Morgan fingerprint density at radius 1 is 1.00 bits per heavy atom. The molecule has 0 aliphatic heterocycles. The van der Waals surface area contributed by atoms with Gasteiger partial charge in [0.15, 0.2) is 0 Å². The molecule has 2 aromatic carbocycles. The minimum absolute atomic E-state index is 0.0326. The smallest absolute Gasteiger partial charge is 0.337 e. The van der Waals surface area contributed by atoms with Gasteiger partial charge in [0.25, 0.3) is 0 Å². The van der Waals surface area contributed by atoms with Gasteiger partial charge < -0.3 is 15.4 Å². The summed E-state index contributed by atoms with van der Waals surface area (Å²) in [6, 6.07) is 11.7. The maximum Gasteiger partial charge on any atom is 0.337 e. The van der Waals surface area contributed by atoms with Crippen molar-refractivity contribution in [3.8, 4) is 0 Å². The second kappa shape index (κ2) is 7.56. The summed E-state index contributed by atoms with van der Waals surface area (Å²) in [6.45, 7) is 0. The van der Waals surface area contributed by atoms with Gasteiger partial charge >= 0.3 is 5.97 Å². The van der Waals surface area contributed by atoms with Crippen LogP contribution in [0.25, 0.3) is 0 Å². The fourth-order valence-corrected chi connectivity index (χ4v) is 2.17. The number of carbonyl (C=O) groups excluding carboxylic acids is 1. The molecule has 0 unspecified atom stereocenters. The molecule has 0 spiro atoms. The second-order valence-corrected chi connectivity index (χ2v) is 5.18. The fraction of sp³-hybridized carbons (Fsp3) is 0.0556. The van der Waals surface area contributed by atoms with E-state index in [9.17, 15) is 13.6 Å². The number of nitrogens with one attached hydrogen (secondary N) is 2. The van der Waals surface area contributed by atoms with Crippen molar-refractivity contribution in [2.24, 2.45) is 0 Å². The Hall–Kier alpha value is -3.55. The summed E-state index contributed by atoms with van der Waals surface area (Å²) in [7, 11) is 1.31. The number of anilines is 4. The Bertz CT molecular complexity index is 912. The summed E-state index contributed by atoms with van der Waals surface area (Å²) in [6.07, 6.45) is 1.44. The average molecular weight is 356 g/mol. The van der Waals surface area contributed by atoms with Crippen LogP contribution in [0.2, 0.25) is 0 Å². The van der Waals surface area contributed by atoms with Crippen molar-refractivity contribution >= 4 is 29.1 Å². The Kier molecular flexibility index (Phi) is 5.02.